The van der Waals surface area contributed by atoms with Crippen LogP contribution in [0.25, 0.3) is 22.2 Å². The molecule has 2 aromatic carbocycles. The molecule has 25 heavy (non-hydrogen) atoms. The van der Waals surface area contributed by atoms with Crippen molar-refractivity contribution in [3.8, 4) is 11.1 Å². The van der Waals surface area contributed by atoms with Crippen LogP contribution >= 0.6 is 0 Å². The Morgan fingerprint density at radius 3 is 2.64 bits per heavy atom. The van der Waals surface area contributed by atoms with Gasteiger partial charge in [0.15, 0.2) is 0 Å². The Labute approximate surface area is 144 Å². The summed E-state index contributed by atoms with van der Waals surface area (Å²) in [7, 11) is 0. The van der Waals surface area contributed by atoms with Gasteiger partial charge in [0.1, 0.15) is 0 Å². The normalized spacial score (nSPS) is 10.9. The summed E-state index contributed by atoms with van der Waals surface area (Å²) < 4.78 is 0. The van der Waals surface area contributed by atoms with Crippen LogP contribution < -0.4 is 11.0 Å². The summed E-state index contributed by atoms with van der Waals surface area (Å²) in [4.78, 5) is 25.9. The van der Waals surface area contributed by atoms with Crippen molar-refractivity contribution in [3.05, 3.63) is 76.5 Å². The van der Waals surface area contributed by atoms with E-state index in [2.05, 4.69) is 37.4 Å². The van der Waals surface area contributed by atoms with Gasteiger partial charge in [0.2, 0.25) is 5.95 Å². The molecule has 6 heteroatoms. The number of aromatic nitrogens is 4. The van der Waals surface area contributed by atoms with Gasteiger partial charge in [0.25, 0.3) is 0 Å². The molecule has 124 valence electrons. The number of benzene rings is 2. The molecule has 4 aromatic rings. The molecule has 6 nitrogen and oxygen atoms in total. The third-order valence-electron chi connectivity index (χ3n) is 4.10. The van der Waals surface area contributed by atoms with Crippen LogP contribution in [0.1, 0.15) is 11.3 Å². The van der Waals surface area contributed by atoms with Crippen LogP contribution in [0.2, 0.25) is 0 Å². The molecule has 0 aliphatic heterocycles. The predicted octanol–water partition coefficient (Wildman–Crippen LogP) is 3.23. The molecular formula is C19H17N5O. The second-order valence-electron chi connectivity index (χ2n) is 5.87. The molecule has 2 aromatic heterocycles. The molecule has 4 rings (SSSR count). The number of imidazole rings is 1. The molecule has 0 bridgehead atoms. The van der Waals surface area contributed by atoms with Crippen LogP contribution in [0, 0.1) is 6.92 Å². The van der Waals surface area contributed by atoms with Crippen molar-refractivity contribution < 1.29 is 0 Å². The lowest BCUT2D eigenvalue weighted by atomic mass is 10.1. The topological polar surface area (TPSA) is 86.5 Å². The molecular weight excluding hydrogens is 314 g/mol. The molecule has 0 spiro atoms. The number of aromatic amines is 2. The van der Waals surface area contributed by atoms with E-state index < -0.39 is 0 Å². The van der Waals surface area contributed by atoms with Gasteiger partial charge in [0, 0.05) is 18.3 Å². The minimum atomic E-state index is -0.208. The van der Waals surface area contributed by atoms with Crippen LogP contribution in [-0.2, 0) is 6.54 Å². The molecule has 0 atom stereocenters. The third-order valence-corrected chi connectivity index (χ3v) is 4.10. The fraction of sp³-hybridized carbons (Fsp3) is 0.105. The minimum absolute atomic E-state index is 0.208. The zero-order valence-electron chi connectivity index (χ0n) is 13.7. The zero-order chi connectivity index (χ0) is 17.2. The summed E-state index contributed by atoms with van der Waals surface area (Å²) in [5.74, 6) is 0.598. The van der Waals surface area contributed by atoms with Crippen LogP contribution in [-0.4, -0.2) is 19.9 Å². The highest BCUT2D eigenvalue weighted by atomic mass is 16.1. The number of aryl methyl sites for hydroxylation is 1. The lowest BCUT2D eigenvalue weighted by Gasteiger charge is -2.09. The molecule has 0 amide bonds. The summed E-state index contributed by atoms with van der Waals surface area (Å²) in [6.45, 7) is 2.63. The van der Waals surface area contributed by atoms with E-state index in [1.165, 1.54) is 5.56 Å². The maximum absolute atomic E-state index is 11.4. The highest BCUT2D eigenvalue weighted by Gasteiger charge is 2.08. The second-order valence-corrected chi connectivity index (χ2v) is 5.87. The monoisotopic (exact) mass is 331 g/mol. The fourth-order valence-corrected chi connectivity index (χ4v) is 2.81. The fourth-order valence-electron chi connectivity index (χ4n) is 2.81. The summed E-state index contributed by atoms with van der Waals surface area (Å²) >= 11 is 0. The first-order chi connectivity index (χ1) is 12.2. The van der Waals surface area contributed by atoms with Crippen LogP contribution in [0.3, 0.4) is 0 Å². The number of H-pyrrole nitrogens is 2. The Morgan fingerprint density at radius 2 is 1.84 bits per heavy atom. The Kier molecular flexibility index (Phi) is 3.78. The summed E-state index contributed by atoms with van der Waals surface area (Å²) in [6, 6.07) is 15.9. The first-order valence-corrected chi connectivity index (χ1v) is 8.03. The number of rotatable bonds is 4. The van der Waals surface area contributed by atoms with E-state index in [0.717, 1.165) is 27.9 Å². The van der Waals surface area contributed by atoms with Crippen LogP contribution in [0.4, 0.5) is 5.95 Å². The first kappa shape index (κ1) is 15.1. The van der Waals surface area contributed by atoms with Crippen molar-refractivity contribution >= 4 is 17.0 Å². The standard InChI is InChI=1S/C19H17N5O/c1-12-15(14-7-8-16-17(9-14)24-19(25)23-16)11-21-18(22-12)20-10-13-5-3-2-4-6-13/h2-9,11H,10H2,1H3,(H,20,21,22)(H2,23,24,25). The van der Waals surface area contributed by atoms with Gasteiger partial charge in [0.05, 0.1) is 16.7 Å². The van der Waals surface area contributed by atoms with E-state index in [1.807, 2.05) is 49.5 Å². The van der Waals surface area contributed by atoms with Crippen molar-refractivity contribution in [3.63, 3.8) is 0 Å². The number of hydrogen-bond donors (Lipinski definition) is 3. The average molecular weight is 331 g/mol. The first-order valence-electron chi connectivity index (χ1n) is 8.03. The van der Waals surface area contributed by atoms with Gasteiger partial charge in [-0.2, -0.15) is 0 Å². The molecule has 0 saturated heterocycles. The van der Waals surface area contributed by atoms with E-state index in [0.29, 0.717) is 12.5 Å². The summed E-state index contributed by atoms with van der Waals surface area (Å²) in [5, 5.41) is 3.24. The minimum Gasteiger partial charge on any atom is -0.350 e. The number of nitrogens with one attached hydrogen (secondary N) is 3. The Hall–Kier alpha value is -3.41. The molecule has 0 aliphatic rings. The van der Waals surface area contributed by atoms with Crippen LogP contribution in [0.15, 0.2) is 59.5 Å². The number of anilines is 1. The average Bonchev–Trinajstić information content (AvgIpc) is 3.00. The summed E-state index contributed by atoms with van der Waals surface area (Å²) in [6.07, 6.45) is 1.81. The number of fused-ring (bicyclic) bond motifs is 1. The lowest BCUT2D eigenvalue weighted by Crippen LogP contribution is -2.04. The number of nitrogens with zero attached hydrogens (tertiary/aromatic N) is 2. The highest BCUT2D eigenvalue weighted by molar-refractivity contribution is 5.81. The molecule has 3 N–H and O–H groups in total. The van der Waals surface area contributed by atoms with E-state index in [1.54, 1.807) is 0 Å². The van der Waals surface area contributed by atoms with Crippen molar-refractivity contribution in [2.45, 2.75) is 13.5 Å². The van der Waals surface area contributed by atoms with Gasteiger partial charge in [-0.25, -0.2) is 14.8 Å². The van der Waals surface area contributed by atoms with Gasteiger partial charge < -0.3 is 15.3 Å². The maximum Gasteiger partial charge on any atom is 0.323 e. The van der Waals surface area contributed by atoms with Crippen molar-refractivity contribution in [2.24, 2.45) is 0 Å². The second kappa shape index (κ2) is 6.24. The summed E-state index contributed by atoms with van der Waals surface area (Å²) in [5.41, 5.74) is 5.31. The maximum atomic E-state index is 11.4. The van der Waals surface area contributed by atoms with Gasteiger partial charge in [-0.1, -0.05) is 36.4 Å². The lowest BCUT2D eigenvalue weighted by molar-refractivity contribution is 1.03. The molecule has 0 aliphatic carbocycles. The van der Waals surface area contributed by atoms with Gasteiger partial charge >= 0.3 is 5.69 Å². The largest absolute Gasteiger partial charge is 0.350 e. The van der Waals surface area contributed by atoms with Crippen molar-refractivity contribution in [1.29, 1.82) is 0 Å². The number of hydrogen-bond acceptors (Lipinski definition) is 4. The SMILES string of the molecule is Cc1nc(NCc2ccccc2)ncc1-c1ccc2[nH]c(=O)[nH]c2c1. The van der Waals surface area contributed by atoms with Crippen molar-refractivity contribution in [1.82, 2.24) is 19.9 Å². The van der Waals surface area contributed by atoms with E-state index in [-0.39, 0.29) is 5.69 Å². The molecule has 0 radical (unpaired) electrons. The molecule has 0 fully saturated rings. The molecule has 0 saturated carbocycles. The van der Waals surface area contributed by atoms with E-state index in [9.17, 15) is 4.79 Å². The third kappa shape index (κ3) is 3.14. The Balaban J connectivity index is 1.59. The Bertz CT molecular complexity index is 1080. The molecule has 2 heterocycles. The van der Waals surface area contributed by atoms with Crippen molar-refractivity contribution in [2.75, 3.05) is 5.32 Å². The molecule has 0 unspecified atom stereocenters. The zero-order valence-corrected chi connectivity index (χ0v) is 13.7. The Morgan fingerprint density at radius 1 is 1.04 bits per heavy atom. The predicted molar refractivity (Wildman–Crippen MR) is 98.5 cm³/mol. The van der Waals surface area contributed by atoms with Gasteiger partial charge in [-0.05, 0) is 30.2 Å². The van der Waals surface area contributed by atoms with Gasteiger partial charge in [-0.3, -0.25) is 0 Å². The van der Waals surface area contributed by atoms with Crippen LogP contribution in [0.5, 0.6) is 0 Å². The highest BCUT2D eigenvalue weighted by Crippen LogP contribution is 2.24. The quantitative estimate of drug-likeness (QED) is 0.536. The van der Waals surface area contributed by atoms with Gasteiger partial charge in [-0.15, -0.1) is 0 Å². The van der Waals surface area contributed by atoms with E-state index in [4.69, 9.17) is 0 Å². The van der Waals surface area contributed by atoms with E-state index >= 15 is 0 Å². The smallest absolute Gasteiger partial charge is 0.323 e.